The number of rotatable bonds is 0. The van der Waals surface area contributed by atoms with E-state index in [1.54, 1.807) is 0 Å². The molecule has 1 aliphatic rings. The van der Waals surface area contributed by atoms with E-state index in [4.69, 9.17) is 16.0 Å². The van der Waals surface area contributed by atoms with Gasteiger partial charge in [0, 0.05) is 26.8 Å². The van der Waals surface area contributed by atoms with Gasteiger partial charge in [-0.3, -0.25) is 0 Å². The average molecular weight is 319 g/mol. The lowest BCUT2D eigenvalue weighted by molar-refractivity contribution is 0.653. The van der Waals surface area contributed by atoms with E-state index in [9.17, 15) is 0 Å². The second-order valence-electron chi connectivity index (χ2n) is 6.78. The summed E-state index contributed by atoms with van der Waals surface area (Å²) in [5.41, 5.74) is 7.06. The van der Waals surface area contributed by atoms with Crippen LogP contribution in [0.5, 0.6) is 0 Å². The van der Waals surface area contributed by atoms with Crippen LogP contribution in [0.4, 0.5) is 0 Å². The Morgan fingerprint density at radius 1 is 0.870 bits per heavy atom. The molecule has 0 fully saturated rings. The van der Waals surface area contributed by atoms with Gasteiger partial charge in [0.25, 0.3) is 0 Å². The molecular weight excluding hydrogens is 304 g/mol. The minimum atomic E-state index is -0.00324. The molecule has 1 nitrogen and oxygen atoms in total. The minimum Gasteiger partial charge on any atom is -0.455 e. The maximum Gasteiger partial charge on any atom is 0.143 e. The van der Waals surface area contributed by atoms with Crippen molar-refractivity contribution in [3.63, 3.8) is 0 Å². The lowest BCUT2D eigenvalue weighted by Crippen LogP contribution is -2.14. The fourth-order valence-electron chi connectivity index (χ4n) is 3.99. The summed E-state index contributed by atoms with van der Waals surface area (Å²) in [6, 6.07) is 18.9. The third-order valence-electron chi connectivity index (χ3n) is 5.14. The van der Waals surface area contributed by atoms with Crippen LogP contribution in [0.1, 0.15) is 25.0 Å². The topological polar surface area (TPSA) is 13.1 Å². The van der Waals surface area contributed by atoms with Crippen molar-refractivity contribution in [3.05, 3.63) is 70.7 Å². The molecule has 0 aliphatic heterocycles. The van der Waals surface area contributed by atoms with Crippen molar-refractivity contribution in [1.82, 2.24) is 0 Å². The van der Waals surface area contributed by atoms with Crippen molar-refractivity contribution in [2.75, 3.05) is 0 Å². The van der Waals surface area contributed by atoms with Crippen LogP contribution in [0.2, 0.25) is 5.02 Å². The Balaban J connectivity index is 1.99. The van der Waals surface area contributed by atoms with Crippen LogP contribution in [0.25, 0.3) is 33.1 Å². The summed E-state index contributed by atoms with van der Waals surface area (Å²) in [5, 5.41) is 2.95. The molecule has 23 heavy (non-hydrogen) atoms. The minimum absolute atomic E-state index is 0.00324. The van der Waals surface area contributed by atoms with Gasteiger partial charge in [0.15, 0.2) is 0 Å². The molecule has 1 aliphatic carbocycles. The Bertz CT molecular complexity index is 1100. The quantitative estimate of drug-likeness (QED) is 0.358. The monoisotopic (exact) mass is 318 g/mol. The van der Waals surface area contributed by atoms with Gasteiger partial charge < -0.3 is 4.42 Å². The average Bonchev–Trinajstić information content (AvgIpc) is 3.02. The first-order valence-electron chi connectivity index (χ1n) is 7.82. The van der Waals surface area contributed by atoms with Crippen LogP contribution in [0.3, 0.4) is 0 Å². The van der Waals surface area contributed by atoms with Crippen molar-refractivity contribution in [3.8, 4) is 11.1 Å². The largest absolute Gasteiger partial charge is 0.455 e. The molecule has 1 aromatic heterocycles. The second kappa shape index (κ2) is 4.18. The van der Waals surface area contributed by atoms with Gasteiger partial charge >= 0.3 is 0 Å². The van der Waals surface area contributed by atoms with E-state index in [-0.39, 0.29) is 5.41 Å². The Labute approximate surface area is 139 Å². The molecule has 0 bridgehead atoms. The standard InChI is InChI=1S/C21H15ClO/c1-21(2)16-6-4-3-5-14(16)19-17(21)9-8-13-15-11-12(22)7-10-18(15)23-20(13)19/h3-11H,1-2H3. The Hall–Kier alpha value is -2.25. The fraction of sp³-hybridized carbons (Fsp3) is 0.143. The molecule has 3 aromatic carbocycles. The van der Waals surface area contributed by atoms with Crippen LogP contribution in [-0.2, 0) is 5.41 Å². The van der Waals surface area contributed by atoms with E-state index in [1.165, 1.54) is 22.3 Å². The lowest BCUT2D eigenvalue weighted by Gasteiger charge is -2.21. The maximum atomic E-state index is 6.24. The first-order valence-corrected chi connectivity index (χ1v) is 8.20. The van der Waals surface area contributed by atoms with E-state index < -0.39 is 0 Å². The molecule has 1 heterocycles. The van der Waals surface area contributed by atoms with Crippen LogP contribution in [0.15, 0.2) is 59.0 Å². The van der Waals surface area contributed by atoms with Crippen LogP contribution in [-0.4, -0.2) is 0 Å². The van der Waals surface area contributed by atoms with Crippen LogP contribution < -0.4 is 0 Å². The maximum absolute atomic E-state index is 6.24. The molecule has 0 atom stereocenters. The number of halogens is 1. The Morgan fingerprint density at radius 3 is 2.57 bits per heavy atom. The van der Waals surface area contributed by atoms with Crippen molar-refractivity contribution >= 4 is 33.5 Å². The van der Waals surface area contributed by atoms with Crippen LogP contribution in [0, 0.1) is 0 Å². The third kappa shape index (κ3) is 1.58. The summed E-state index contributed by atoms with van der Waals surface area (Å²) < 4.78 is 6.24. The number of hydrogen-bond acceptors (Lipinski definition) is 1. The van der Waals surface area contributed by atoms with Gasteiger partial charge in [0.2, 0.25) is 0 Å². The normalized spacial score (nSPS) is 15.1. The highest BCUT2D eigenvalue weighted by Crippen LogP contribution is 2.52. The lowest BCUT2D eigenvalue weighted by atomic mass is 9.82. The zero-order chi connectivity index (χ0) is 15.8. The van der Waals surface area contributed by atoms with Crippen LogP contribution >= 0.6 is 11.6 Å². The molecule has 0 unspecified atom stereocenters. The molecule has 4 aromatic rings. The summed E-state index contributed by atoms with van der Waals surface area (Å²) in [7, 11) is 0. The molecular formula is C21H15ClO. The van der Waals surface area contributed by atoms with E-state index in [1.807, 2.05) is 18.2 Å². The highest BCUT2D eigenvalue weighted by Gasteiger charge is 2.37. The van der Waals surface area contributed by atoms with E-state index in [0.29, 0.717) is 0 Å². The first kappa shape index (κ1) is 13.2. The van der Waals surface area contributed by atoms with Gasteiger partial charge in [-0.1, -0.05) is 61.8 Å². The Kier molecular flexibility index (Phi) is 2.40. The van der Waals surface area contributed by atoms with Gasteiger partial charge in [0.1, 0.15) is 11.2 Å². The van der Waals surface area contributed by atoms with Crippen molar-refractivity contribution < 1.29 is 4.42 Å². The summed E-state index contributed by atoms with van der Waals surface area (Å²) in [5.74, 6) is 0. The number of fused-ring (bicyclic) bond motifs is 7. The molecule has 0 radical (unpaired) electrons. The molecule has 0 N–H and O–H groups in total. The SMILES string of the molecule is CC1(C)c2ccccc2-c2c1ccc1c2oc2ccc(Cl)cc21. The number of hydrogen-bond donors (Lipinski definition) is 0. The zero-order valence-electron chi connectivity index (χ0n) is 13.0. The van der Waals surface area contributed by atoms with E-state index >= 15 is 0 Å². The van der Waals surface area contributed by atoms with Gasteiger partial charge in [-0.15, -0.1) is 0 Å². The zero-order valence-corrected chi connectivity index (χ0v) is 13.7. The highest BCUT2D eigenvalue weighted by atomic mass is 35.5. The van der Waals surface area contributed by atoms with Gasteiger partial charge in [-0.25, -0.2) is 0 Å². The predicted octanol–water partition coefficient (Wildman–Crippen LogP) is 6.55. The molecule has 0 amide bonds. The number of furan rings is 1. The summed E-state index contributed by atoms with van der Waals surface area (Å²) in [6.07, 6.45) is 0. The Morgan fingerprint density at radius 2 is 1.70 bits per heavy atom. The van der Waals surface area contributed by atoms with Crippen molar-refractivity contribution in [1.29, 1.82) is 0 Å². The second-order valence-corrected chi connectivity index (χ2v) is 7.21. The van der Waals surface area contributed by atoms with E-state index in [2.05, 4.69) is 50.2 Å². The van der Waals surface area contributed by atoms with Gasteiger partial charge in [-0.2, -0.15) is 0 Å². The smallest absolute Gasteiger partial charge is 0.143 e. The molecule has 2 heteroatoms. The first-order chi connectivity index (χ1) is 11.1. The molecule has 5 rings (SSSR count). The highest BCUT2D eigenvalue weighted by molar-refractivity contribution is 6.31. The van der Waals surface area contributed by atoms with Crippen molar-refractivity contribution in [2.24, 2.45) is 0 Å². The summed E-state index contributed by atoms with van der Waals surface area (Å²) in [6.45, 7) is 4.56. The third-order valence-corrected chi connectivity index (χ3v) is 5.38. The van der Waals surface area contributed by atoms with Crippen molar-refractivity contribution in [2.45, 2.75) is 19.3 Å². The molecule has 0 spiro atoms. The summed E-state index contributed by atoms with van der Waals surface area (Å²) in [4.78, 5) is 0. The number of benzene rings is 3. The molecule has 0 saturated carbocycles. The van der Waals surface area contributed by atoms with E-state index in [0.717, 1.165) is 27.0 Å². The van der Waals surface area contributed by atoms with Gasteiger partial charge in [-0.05, 0) is 34.9 Å². The molecule has 112 valence electrons. The fourth-order valence-corrected chi connectivity index (χ4v) is 4.16. The summed E-state index contributed by atoms with van der Waals surface area (Å²) >= 11 is 6.18. The molecule has 0 saturated heterocycles. The predicted molar refractivity (Wildman–Crippen MR) is 96.3 cm³/mol. The van der Waals surface area contributed by atoms with Gasteiger partial charge in [0.05, 0.1) is 0 Å².